The average molecular weight is 468 g/mol. The van der Waals surface area contributed by atoms with Crippen molar-refractivity contribution in [1.82, 2.24) is 13.8 Å². The summed E-state index contributed by atoms with van der Waals surface area (Å²) < 4.78 is 43.4. The number of carbonyl (C=O) groups excluding carboxylic acids is 1. The maximum Gasteiger partial charge on any atom is 0.366 e. The van der Waals surface area contributed by atoms with E-state index in [4.69, 9.17) is 13.7 Å². The van der Waals surface area contributed by atoms with Crippen LogP contribution in [0.3, 0.4) is 0 Å². The van der Waals surface area contributed by atoms with Crippen LogP contribution >= 0.6 is 0 Å². The Kier molecular flexibility index (Phi) is 7.18. The summed E-state index contributed by atoms with van der Waals surface area (Å²) in [6.45, 7) is 5.03. The Bertz CT molecular complexity index is 1070. The molecule has 1 saturated heterocycles. The van der Waals surface area contributed by atoms with E-state index in [0.29, 0.717) is 30.8 Å². The number of likely N-dealkylation sites (tertiary alicyclic amines) is 1. The molecule has 3 rings (SSSR count). The summed E-state index contributed by atoms with van der Waals surface area (Å²) in [7, 11) is 3.26. The van der Waals surface area contributed by atoms with Crippen LogP contribution in [-0.4, -0.2) is 88.8 Å². The second kappa shape index (κ2) is 9.38. The minimum atomic E-state index is -4.17. The monoisotopic (exact) mass is 467 g/mol. The first-order valence-corrected chi connectivity index (χ1v) is 11.9. The van der Waals surface area contributed by atoms with Gasteiger partial charge >= 0.3 is 16.3 Å². The van der Waals surface area contributed by atoms with Crippen LogP contribution in [0.1, 0.15) is 19.4 Å². The molecule has 1 aromatic carbocycles. The van der Waals surface area contributed by atoms with Crippen LogP contribution in [0.4, 0.5) is 0 Å². The Balaban J connectivity index is 1.80. The van der Waals surface area contributed by atoms with E-state index in [-0.39, 0.29) is 12.7 Å². The van der Waals surface area contributed by atoms with Crippen molar-refractivity contribution in [2.75, 3.05) is 54.5 Å². The summed E-state index contributed by atoms with van der Waals surface area (Å²) in [6.07, 6.45) is 2.08. The van der Waals surface area contributed by atoms with Crippen molar-refractivity contribution in [2.24, 2.45) is 5.41 Å². The summed E-state index contributed by atoms with van der Waals surface area (Å²) in [5.74, 6) is 0.171. The molecular formula is C22H33N3O6S. The number of aromatic nitrogens is 1. The topological polar surface area (TPSA) is 90.3 Å². The molecule has 0 N–H and O–H groups in total. The average Bonchev–Trinajstić information content (AvgIpc) is 3.08. The third-order valence-electron chi connectivity index (χ3n) is 5.56. The molecule has 0 spiro atoms. The van der Waals surface area contributed by atoms with Crippen LogP contribution in [0.2, 0.25) is 0 Å². The fraction of sp³-hybridized carbons (Fsp3) is 0.591. The Morgan fingerprint density at radius 2 is 1.94 bits per heavy atom. The Morgan fingerprint density at radius 3 is 2.53 bits per heavy atom. The number of ether oxygens (including phenoxy) is 2. The number of hydrogen-bond donors (Lipinski definition) is 0. The van der Waals surface area contributed by atoms with Gasteiger partial charge in [-0.05, 0) is 65.2 Å². The fourth-order valence-electron chi connectivity index (χ4n) is 3.47. The first kappa shape index (κ1) is 24.5. The van der Waals surface area contributed by atoms with Crippen LogP contribution in [0, 0.1) is 5.41 Å². The Labute approximate surface area is 190 Å². The lowest BCUT2D eigenvalue weighted by Gasteiger charge is -2.37. The highest BCUT2D eigenvalue weighted by molar-refractivity contribution is 7.85. The quantitative estimate of drug-likeness (QED) is 0.488. The zero-order chi connectivity index (χ0) is 23.7. The van der Waals surface area contributed by atoms with Gasteiger partial charge in [-0.15, -0.1) is 0 Å². The van der Waals surface area contributed by atoms with Crippen molar-refractivity contribution in [3.8, 4) is 5.75 Å². The highest BCUT2D eigenvalue weighted by Crippen LogP contribution is 2.29. The predicted octanol–water partition coefficient (Wildman–Crippen LogP) is 1.75. The van der Waals surface area contributed by atoms with Gasteiger partial charge in [0.05, 0.1) is 24.6 Å². The van der Waals surface area contributed by atoms with Crippen molar-refractivity contribution in [2.45, 2.75) is 26.4 Å². The number of nitrogens with zero attached hydrogens (tertiary/aromatic N) is 3. The van der Waals surface area contributed by atoms with Gasteiger partial charge in [0.25, 0.3) is 0 Å². The third-order valence-corrected chi connectivity index (χ3v) is 6.75. The van der Waals surface area contributed by atoms with E-state index in [9.17, 15) is 13.2 Å². The fourth-order valence-corrected chi connectivity index (χ4v) is 4.68. The van der Waals surface area contributed by atoms with Gasteiger partial charge in [0.15, 0.2) is 0 Å². The smallest absolute Gasteiger partial charge is 0.366 e. The number of benzene rings is 1. The van der Waals surface area contributed by atoms with E-state index in [1.54, 1.807) is 39.3 Å². The summed E-state index contributed by atoms with van der Waals surface area (Å²) in [6, 6.07) is 5.23. The molecule has 2 heterocycles. The van der Waals surface area contributed by atoms with Crippen LogP contribution in [0.5, 0.6) is 5.75 Å². The molecule has 2 aromatic rings. The summed E-state index contributed by atoms with van der Waals surface area (Å²) in [5, 5.41) is 0.783. The lowest BCUT2D eigenvalue weighted by Crippen LogP contribution is -2.52. The minimum absolute atomic E-state index is 0.161. The lowest BCUT2D eigenvalue weighted by molar-refractivity contribution is -0.168. The van der Waals surface area contributed by atoms with Gasteiger partial charge in [-0.3, -0.25) is 13.9 Å². The zero-order valence-electron chi connectivity index (χ0n) is 19.6. The minimum Gasteiger partial charge on any atom is -0.497 e. The molecule has 0 amide bonds. The van der Waals surface area contributed by atoms with Crippen molar-refractivity contribution in [3.05, 3.63) is 30.0 Å². The van der Waals surface area contributed by atoms with E-state index in [0.717, 1.165) is 21.5 Å². The first-order valence-electron chi connectivity index (χ1n) is 10.6. The predicted molar refractivity (Wildman–Crippen MR) is 122 cm³/mol. The number of methoxy groups -OCH3 is 1. The second-order valence-corrected chi connectivity index (χ2v) is 10.7. The van der Waals surface area contributed by atoms with Crippen LogP contribution in [-0.2, 0) is 30.4 Å². The highest BCUT2D eigenvalue weighted by atomic mass is 32.2. The molecule has 10 heteroatoms. The molecule has 1 aromatic heterocycles. The highest BCUT2D eigenvalue weighted by Gasteiger charge is 2.37. The molecule has 9 nitrogen and oxygen atoms in total. The Morgan fingerprint density at radius 1 is 1.25 bits per heavy atom. The van der Waals surface area contributed by atoms with Crippen molar-refractivity contribution in [3.63, 3.8) is 0 Å². The van der Waals surface area contributed by atoms with Gasteiger partial charge in [-0.25, -0.2) is 3.97 Å². The van der Waals surface area contributed by atoms with Crippen LogP contribution in [0.25, 0.3) is 10.9 Å². The maximum absolute atomic E-state index is 13.1. The van der Waals surface area contributed by atoms with Gasteiger partial charge in [-0.2, -0.15) is 8.42 Å². The first-order chi connectivity index (χ1) is 14.9. The number of rotatable bonds is 10. The molecular weight excluding hydrogens is 434 g/mol. The largest absolute Gasteiger partial charge is 0.497 e. The normalized spacial score (nSPS) is 15.8. The molecule has 0 saturated carbocycles. The summed E-state index contributed by atoms with van der Waals surface area (Å²) in [5.41, 5.74) is 0.256. The van der Waals surface area contributed by atoms with Gasteiger partial charge in [0.2, 0.25) is 0 Å². The number of hydrogen-bond acceptors (Lipinski definition) is 8. The molecule has 1 fully saturated rings. The summed E-state index contributed by atoms with van der Waals surface area (Å²) in [4.78, 5) is 16.6. The molecule has 32 heavy (non-hydrogen) atoms. The van der Waals surface area contributed by atoms with Crippen LogP contribution in [0.15, 0.2) is 24.4 Å². The Hall–Kier alpha value is -2.14. The van der Waals surface area contributed by atoms with Gasteiger partial charge in [0, 0.05) is 31.2 Å². The number of likely N-dealkylation sites (N-methyl/N-ethyl adjacent to an activating group) is 2. The maximum atomic E-state index is 13.1. The zero-order valence-corrected chi connectivity index (χ0v) is 20.4. The third kappa shape index (κ3) is 5.43. The number of fused-ring (bicyclic) bond motifs is 1. The van der Waals surface area contributed by atoms with E-state index >= 15 is 0 Å². The standard InChI is InChI=1S/C22H33N3O6S/c1-22(2,21(26)31-18-13-24(5)14-18)15-30-32(27,28)25-12-16(9-10-23(3)4)19-11-17(29-6)7-8-20(19)25/h7-8,11-12,18H,9-10,13-15H2,1-6H3. The van der Waals surface area contributed by atoms with E-state index in [2.05, 4.69) is 0 Å². The van der Waals surface area contributed by atoms with Crippen molar-refractivity contribution < 1.29 is 26.9 Å². The molecule has 1 aliphatic rings. The van der Waals surface area contributed by atoms with Gasteiger partial charge in [0.1, 0.15) is 11.9 Å². The van der Waals surface area contributed by atoms with Crippen molar-refractivity contribution >= 4 is 27.2 Å². The van der Waals surface area contributed by atoms with E-state index in [1.165, 1.54) is 0 Å². The lowest BCUT2D eigenvalue weighted by atomic mass is 9.95. The number of esters is 1. The SMILES string of the molecule is COc1ccc2c(c1)c(CCN(C)C)cn2S(=O)(=O)OCC(C)(C)C(=O)OC1CN(C)C1. The molecule has 0 atom stereocenters. The molecule has 178 valence electrons. The molecule has 0 bridgehead atoms. The molecule has 0 radical (unpaired) electrons. The van der Waals surface area contributed by atoms with E-state index < -0.39 is 21.7 Å². The summed E-state index contributed by atoms with van der Waals surface area (Å²) >= 11 is 0. The molecule has 0 unspecified atom stereocenters. The van der Waals surface area contributed by atoms with E-state index in [1.807, 2.05) is 37.0 Å². The molecule has 1 aliphatic heterocycles. The molecule has 0 aliphatic carbocycles. The number of carbonyl (C=O) groups is 1. The van der Waals surface area contributed by atoms with Gasteiger partial charge in [-0.1, -0.05) is 0 Å². The van der Waals surface area contributed by atoms with Crippen LogP contribution < -0.4 is 4.74 Å². The second-order valence-electron chi connectivity index (χ2n) is 9.24. The van der Waals surface area contributed by atoms with Gasteiger partial charge < -0.3 is 14.4 Å². The van der Waals surface area contributed by atoms with Crippen molar-refractivity contribution in [1.29, 1.82) is 0 Å².